The average molecular weight is 366 g/mol. The molecule has 1 aromatic carbocycles. The number of carbonyl (C=O) groups is 2. The molecule has 2 N–H and O–H groups in total. The van der Waals surface area contributed by atoms with Gasteiger partial charge in [0.25, 0.3) is 5.91 Å². The van der Waals surface area contributed by atoms with Crippen molar-refractivity contribution in [1.82, 2.24) is 10.2 Å². The van der Waals surface area contributed by atoms with E-state index in [2.05, 4.69) is 22.6 Å². The molecular formula is C18H24ClN3O3. The minimum atomic E-state index is -0.233. The zero-order valence-corrected chi connectivity index (χ0v) is 15.5. The molecule has 0 aliphatic carbocycles. The molecule has 1 aromatic rings. The summed E-state index contributed by atoms with van der Waals surface area (Å²) in [6.45, 7) is 1.40. The number of benzene rings is 1. The third-order valence-corrected chi connectivity index (χ3v) is 5.59. The highest BCUT2D eigenvalue weighted by Crippen LogP contribution is 2.35. The maximum absolute atomic E-state index is 12.7. The summed E-state index contributed by atoms with van der Waals surface area (Å²) in [5.74, 6) is -0.0356. The lowest BCUT2D eigenvalue weighted by Crippen LogP contribution is -2.48. The monoisotopic (exact) mass is 365 g/mol. The molecule has 7 heteroatoms. The number of nitrogens with zero attached hydrogens (tertiary/aromatic N) is 1. The predicted octanol–water partition coefficient (Wildman–Crippen LogP) is 2.66. The van der Waals surface area contributed by atoms with Crippen LogP contribution in [0.2, 0.25) is 5.02 Å². The number of ether oxygens (including phenoxy) is 1. The Bertz CT molecular complexity index is 680. The SMILES string of the molecule is COc1cc(NC(C)=O)c(Cl)cc1C(=O)NC1C[C@H]2CC[C@@H](C1)N2C. The molecule has 2 bridgehead atoms. The van der Waals surface area contributed by atoms with Crippen molar-refractivity contribution < 1.29 is 14.3 Å². The molecule has 6 nitrogen and oxygen atoms in total. The minimum absolute atomic E-state index is 0.166. The van der Waals surface area contributed by atoms with Crippen LogP contribution in [0.3, 0.4) is 0 Å². The molecule has 3 atom stereocenters. The van der Waals surface area contributed by atoms with Crippen molar-refractivity contribution in [2.45, 2.75) is 50.7 Å². The van der Waals surface area contributed by atoms with Gasteiger partial charge in [-0.3, -0.25) is 9.59 Å². The Hall–Kier alpha value is -1.79. The lowest BCUT2D eigenvalue weighted by Gasteiger charge is -2.36. The molecule has 0 aromatic heterocycles. The zero-order valence-electron chi connectivity index (χ0n) is 14.8. The Morgan fingerprint density at radius 3 is 2.44 bits per heavy atom. The van der Waals surface area contributed by atoms with E-state index in [1.54, 1.807) is 12.1 Å². The molecule has 2 fully saturated rings. The summed E-state index contributed by atoms with van der Waals surface area (Å²) in [6.07, 6.45) is 4.35. The number of piperidine rings is 1. The van der Waals surface area contributed by atoms with Gasteiger partial charge in [-0.15, -0.1) is 0 Å². The average Bonchev–Trinajstić information content (AvgIpc) is 2.77. The molecule has 3 rings (SSSR count). The van der Waals surface area contributed by atoms with E-state index in [0.29, 0.717) is 34.1 Å². The lowest BCUT2D eigenvalue weighted by atomic mass is 9.97. The summed E-state index contributed by atoms with van der Waals surface area (Å²) in [6, 6.07) is 4.40. The Labute approximate surface area is 152 Å². The van der Waals surface area contributed by atoms with E-state index in [0.717, 1.165) is 12.8 Å². The Morgan fingerprint density at radius 2 is 1.88 bits per heavy atom. The highest BCUT2D eigenvalue weighted by molar-refractivity contribution is 6.34. The van der Waals surface area contributed by atoms with Gasteiger partial charge in [-0.25, -0.2) is 0 Å². The second kappa shape index (κ2) is 7.22. The van der Waals surface area contributed by atoms with Gasteiger partial charge < -0.3 is 20.3 Å². The van der Waals surface area contributed by atoms with Crippen LogP contribution in [0.4, 0.5) is 5.69 Å². The van der Waals surface area contributed by atoms with Crippen LogP contribution in [0.5, 0.6) is 5.75 Å². The van der Waals surface area contributed by atoms with E-state index in [-0.39, 0.29) is 17.9 Å². The van der Waals surface area contributed by atoms with E-state index >= 15 is 0 Å². The van der Waals surface area contributed by atoms with Crippen molar-refractivity contribution >= 4 is 29.1 Å². The predicted molar refractivity (Wildman–Crippen MR) is 97.4 cm³/mol. The largest absolute Gasteiger partial charge is 0.496 e. The highest BCUT2D eigenvalue weighted by Gasteiger charge is 2.39. The summed E-state index contributed by atoms with van der Waals surface area (Å²) < 4.78 is 5.33. The molecule has 2 amide bonds. The van der Waals surface area contributed by atoms with Gasteiger partial charge in [0.15, 0.2) is 0 Å². The van der Waals surface area contributed by atoms with Gasteiger partial charge in [0.2, 0.25) is 5.91 Å². The normalized spacial score (nSPS) is 25.5. The number of hydrogen-bond acceptors (Lipinski definition) is 4. The van der Waals surface area contributed by atoms with Crippen LogP contribution in [-0.4, -0.2) is 49.0 Å². The van der Waals surface area contributed by atoms with Crippen LogP contribution in [0.25, 0.3) is 0 Å². The van der Waals surface area contributed by atoms with E-state index in [9.17, 15) is 9.59 Å². The first-order valence-electron chi connectivity index (χ1n) is 8.57. The standard InChI is InChI=1S/C18H24ClN3O3/c1-10(23)20-16-9-17(25-3)14(8-15(16)19)18(24)21-11-6-12-4-5-13(7-11)22(12)2/h8-9,11-13H,4-7H2,1-3H3,(H,20,23)(H,21,24)/t11?,12-,13+. The van der Waals surface area contributed by atoms with Gasteiger partial charge in [-0.1, -0.05) is 11.6 Å². The maximum atomic E-state index is 12.7. The molecule has 2 aliphatic rings. The summed E-state index contributed by atoms with van der Waals surface area (Å²) in [5.41, 5.74) is 0.813. The number of amides is 2. The van der Waals surface area contributed by atoms with Crippen molar-refractivity contribution in [1.29, 1.82) is 0 Å². The smallest absolute Gasteiger partial charge is 0.255 e. The summed E-state index contributed by atoms with van der Waals surface area (Å²) >= 11 is 6.21. The van der Waals surface area contributed by atoms with Gasteiger partial charge in [-0.05, 0) is 38.8 Å². The molecule has 2 heterocycles. The van der Waals surface area contributed by atoms with Crippen LogP contribution in [0.15, 0.2) is 12.1 Å². The van der Waals surface area contributed by atoms with Crippen molar-refractivity contribution in [2.24, 2.45) is 0 Å². The Kier molecular flexibility index (Phi) is 5.20. The molecule has 136 valence electrons. The quantitative estimate of drug-likeness (QED) is 0.860. The fraction of sp³-hybridized carbons (Fsp3) is 0.556. The molecule has 0 spiro atoms. The number of nitrogens with one attached hydrogen (secondary N) is 2. The van der Waals surface area contributed by atoms with Crippen LogP contribution in [0.1, 0.15) is 43.0 Å². The van der Waals surface area contributed by atoms with Crippen LogP contribution >= 0.6 is 11.6 Å². The topological polar surface area (TPSA) is 70.7 Å². The number of fused-ring (bicyclic) bond motifs is 2. The number of hydrogen-bond donors (Lipinski definition) is 2. The van der Waals surface area contributed by atoms with Crippen molar-refractivity contribution in [3.05, 3.63) is 22.7 Å². The van der Waals surface area contributed by atoms with Gasteiger partial charge in [0, 0.05) is 31.1 Å². The van der Waals surface area contributed by atoms with Gasteiger partial charge in [0.1, 0.15) is 5.75 Å². The van der Waals surface area contributed by atoms with Crippen molar-refractivity contribution in [3.63, 3.8) is 0 Å². The number of anilines is 1. The third-order valence-electron chi connectivity index (χ3n) is 5.28. The molecule has 2 saturated heterocycles. The fourth-order valence-corrected chi connectivity index (χ4v) is 4.19. The van der Waals surface area contributed by atoms with Gasteiger partial charge in [0.05, 0.1) is 23.4 Å². The third kappa shape index (κ3) is 3.75. The van der Waals surface area contributed by atoms with E-state index in [4.69, 9.17) is 16.3 Å². The summed E-state index contributed by atoms with van der Waals surface area (Å²) in [4.78, 5) is 26.4. The van der Waals surface area contributed by atoms with Crippen molar-refractivity contribution in [3.8, 4) is 5.75 Å². The number of rotatable bonds is 4. The summed E-state index contributed by atoms with van der Waals surface area (Å²) in [7, 11) is 3.66. The lowest BCUT2D eigenvalue weighted by molar-refractivity contribution is -0.114. The first kappa shape index (κ1) is 18.0. The van der Waals surface area contributed by atoms with E-state index in [1.165, 1.54) is 26.9 Å². The fourth-order valence-electron chi connectivity index (χ4n) is 3.98. The van der Waals surface area contributed by atoms with Crippen LogP contribution in [-0.2, 0) is 4.79 Å². The summed E-state index contributed by atoms with van der Waals surface area (Å²) in [5, 5.41) is 6.07. The highest BCUT2D eigenvalue weighted by atomic mass is 35.5. The second-order valence-corrected chi connectivity index (χ2v) is 7.31. The Balaban J connectivity index is 1.75. The number of halogens is 1. The molecular weight excluding hydrogens is 342 g/mol. The van der Waals surface area contributed by atoms with Crippen LogP contribution < -0.4 is 15.4 Å². The van der Waals surface area contributed by atoms with E-state index in [1.807, 2.05) is 0 Å². The number of carbonyl (C=O) groups excluding carboxylic acids is 2. The first-order valence-corrected chi connectivity index (χ1v) is 8.94. The molecule has 1 unspecified atom stereocenters. The molecule has 2 aliphatic heterocycles. The molecule has 0 radical (unpaired) electrons. The molecule has 0 saturated carbocycles. The minimum Gasteiger partial charge on any atom is -0.496 e. The number of methoxy groups -OCH3 is 1. The first-order chi connectivity index (χ1) is 11.9. The van der Waals surface area contributed by atoms with Crippen LogP contribution in [0, 0.1) is 0 Å². The van der Waals surface area contributed by atoms with Gasteiger partial charge >= 0.3 is 0 Å². The zero-order chi connectivity index (χ0) is 18.1. The van der Waals surface area contributed by atoms with Crippen molar-refractivity contribution in [2.75, 3.05) is 19.5 Å². The molecule has 25 heavy (non-hydrogen) atoms. The van der Waals surface area contributed by atoms with Gasteiger partial charge in [-0.2, -0.15) is 0 Å². The maximum Gasteiger partial charge on any atom is 0.255 e. The second-order valence-electron chi connectivity index (χ2n) is 6.91. The van der Waals surface area contributed by atoms with E-state index < -0.39 is 0 Å². The Morgan fingerprint density at radius 1 is 1.24 bits per heavy atom.